The number of rotatable bonds is 4. The third kappa shape index (κ3) is 2.86. The van der Waals surface area contributed by atoms with Crippen LogP contribution in [0.5, 0.6) is 0 Å². The molecule has 1 heteroatoms. The Morgan fingerprint density at radius 1 is 0.737 bits per heavy atom. The first-order valence-corrected chi connectivity index (χ1v) is 7.10. The third-order valence-corrected chi connectivity index (χ3v) is 3.69. The molecule has 0 saturated carbocycles. The molecule has 0 fully saturated rings. The summed E-state index contributed by atoms with van der Waals surface area (Å²) in [6, 6.07) is 11.9. The summed E-state index contributed by atoms with van der Waals surface area (Å²) in [5.41, 5.74) is 5.33. The van der Waals surface area contributed by atoms with E-state index in [0.29, 0.717) is 0 Å². The Morgan fingerprint density at radius 2 is 1.32 bits per heavy atom. The lowest BCUT2D eigenvalue weighted by Gasteiger charge is -2.12. The van der Waals surface area contributed by atoms with E-state index in [-0.39, 0.29) is 5.82 Å². The molecular weight excluding hydrogens is 235 g/mol. The molecule has 100 valence electrons. The SMILES string of the molecule is CCc1ccc(-c2ccc(CC)cc2CC)c(F)c1. The van der Waals surface area contributed by atoms with Gasteiger partial charge in [-0.05, 0) is 47.6 Å². The molecule has 0 atom stereocenters. The largest absolute Gasteiger partial charge is 0.206 e. The quantitative estimate of drug-likeness (QED) is 0.707. The molecule has 2 rings (SSSR count). The fraction of sp³-hybridized carbons (Fsp3) is 0.333. The standard InChI is InChI=1S/C18H21F/c1-4-13-7-9-16(15(6-3)11-13)17-10-8-14(5-2)12-18(17)19/h7-12H,4-6H2,1-3H3. The Hall–Kier alpha value is -1.63. The highest BCUT2D eigenvalue weighted by Crippen LogP contribution is 2.28. The van der Waals surface area contributed by atoms with Crippen LogP contribution in [-0.4, -0.2) is 0 Å². The second kappa shape index (κ2) is 6.01. The molecule has 0 spiro atoms. The summed E-state index contributed by atoms with van der Waals surface area (Å²) < 4.78 is 14.2. The Morgan fingerprint density at radius 3 is 1.84 bits per heavy atom. The highest BCUT2D eigenvalue weighted by molar-refractivity contribution is 5.69. The highest BCUT2D eigenvalue weighted by atomic mass is 19.1. The summed E-state index contributed by atoms with van der Waals surface area (Å²) in [5.74, 6) is -0.113. The van der Waals surface area contributed by atoms with Gasteiger partial charge in [0.1, 0.15) is 5.82 Å². The van der Waals surface area contributed by atoms with Crippen molar-refractivity contribution in [3.63, 3.8) is 0 Å². The highest BCUT2D eigenvalue weighted by Gasteiger charge is 2.10. The van der Waals surface area contributed by atoms with Gasteiger partial charge in [-0.25, -0.2) is 4.39 Å². The van der Waals surface area contributed by atoms with Crippen LogP contribution in [0, 0.1) is 5.82 Å². The average Bonchev–Trinajstić information content (AvgIpc) is 2.46. The van der Waals surface area contributed by atoms with Gasteiger partial charge < -0.3 is 0 Å². The molecule has 0 saturated heterocycles. The Balaban J connectivity index is 2.52. The van der Waals surface area contributed by atoms with E-state index in [1.807, 2.05) is 19.1 Å². The zero-order chi connectivity index (χ0) is 13.8. The first-order valence-electron chi connectivity index (χ1n) is 7.10. The lowest BCUT2D eigenvalue weighted by molar-refractivity contribution is 0.629. The molecule has 0 radical (unpaired) electrons. The molecule has 0 aliphatic heterocycles. The summed E-state index contributed by atoms with van der Waals surface area (Å²) in [6.07, 6.45) is 2.81. The maximum atomic E-state index is 14.2. The molecule has 2 aromatic rings. The zero-order valence-corrected chi connectivity index (χ0v) is 12.0. The van der Waals surface area contributed by atoms with E-state index in [0.717, 1.165) is 36.0 Å². The van der Waals surface area contributed by atoms with Gasteiger partial charge in [0.05, 0.1) is 0 Å². The van der Waals surface area contributed by atoms with Crippen molar-refractivity contribution in [1.82, 2.24) is 0 Å². The fourth-order valence-electron chi connectivity index (χ4n) is 2.42. The van der Waals surface area contributed by atoms with Gasteiger partial charge in [0.25, 0.3) is 0 Å². The maximum absolute atomic E-state index is 14.2. The summed E-state index contributed by atoms with van der Waals surface area (Å²) in [7, 11) is 0. The van der Waals surface area contributed by atoms with Crippen LogP contribution in [0.4, 0.5) is 4.39 Å². The van der Waals surface area contributed by atoms with Crippen LogP contribution in [0.25, 0.3) is 11.1 Å². The first-order chi connectivity index (χ1) is 9.19. The molecule has 0 nitrogen and oxygen atoms in total. The van der Waals surface area contributed by atoms with Crippen LogP contribution in [0.1, 0.15) is 37.5 Å². The molecule has 0 aromatic heterocycles. The molecule has 0 aliphatic carbocycles. The minimum Gasteiger partial charge on any atom is -0.206 e. The van der Waals surface area contributed by atoms with Gasteiger partial charge in [0.15, 0.2) is 0 Å². The van der Waals surface area contributed by atoms with E-state index in [2.05, 4.69) is 32.0 Å². The maximum Gasteiger partial charge on any atom is 0.131 e. The van der Waals surface area contributed by atoms with E-state index >= 15 is 0 Å². The summed E-state index contributed by atoms with van der Waals surface area (Å²) in [4.78, 5) is 0. The van der Waals surface area contributed by atoms with Gasteiger partial charge in [-0.2, -0.15) is 0 Å². The number of hydrogen-bond donors (Lipinski definition) is 0. The van der Waals surface area contributed by atoms with Crippen molar-refractivity contribution >= 4 is 0 Å². The zero-order valence-electron chi connectivity index (χ0n) is 12.0. The Kier molecular flexibility index (Phi) is 4.36. The lowest BCUT2D eigenvalue weighted by atomic mass is 9.94. The first kappa shape index (κ1) is 13.8. The molecule has 2 aromatic carbocycles. The molecule has 0 bridgehead atoms. The van der Waals surface area contributed by atoms with E-state index in [9.17, 15) is 4.39 Å². The number of aryl methyl sites for hydroxylation is 3. The van der Waals surface area contributed by atoms with Gasteiger partial charge in [-0.3, -0.25) is 0 Å². The van der Waals surface area contributed by atoms with Crippen LogP contribution in [0.3, 0.4) is 0 Å². The van der Waals surface area contributed by atoms with Crippen LogP contribution >= 0.6 is 0 Å². The van der Waals surface area contributed by atoms with Crippen molar-refractivity contribution in [2.45, 2.75) is 40.0 Å². The Bertz CT molecular complexity index is 570. The van der Waals surface area contributed by atoms with Crippen molar-refractivity contribution in [2.75, 3.05) is 0 Å². The molecule has 19 heavy (non-hydrogen) atoms. The third-order valence-electron chi connectivity index (χ3n) is 3.69. The average molecular weight is 256 g/mol. The van der Waals surface area contributed by atoms with Crippen molar-refractivity contribution in [3.8, 4) is 11.1 Å². The van der Waals surface area contributed by atoms with E-state index in [1.165, 1.54) is 11.1 Å². The van der Waals surface area contributed by atoms with Crippen LogP contribution in [-0.2, 0) is 19.3 Å². The van der Waals surface area contributed by atoms with Crippen molar-refractivity contribution in [1.29, 1.82) is 0 Å². The molecule has 0 amide bonds. The predicted octanol–water partition coefficient (Wildman–Crippen LogP) is 5.18. The van der Waals surface area contributed by atoms with Gasteiger partial charge in [-0.1, -0.05) is 51.1 Å². The van der Waals surface area contributed by atoms with Gasteiger partial charge in [-0.15, -0.1) is 0 Å². The summed E-state index contributed by atoms with van der Waals surface area (Å²) in [5, 5.41) is 0. The fourth-order valence-corrected chi connectivity index (χ4v) is 2.42. The number of hydrogen-bond acceptors (Lipinski definition) is 0. The second-order valence-corrected chi connectivity index (χ2v) is 4.87. The predicted molar refractivity (Wildman–Crippen MR) is 80.0 cm³/mol. The lowest BCUT2D eigenvalue weighted by Crippen LogP contribution is -1.94. The second-order valence-electron chi connectivity index (χ2n) is 4.87. The van der Waals surface area contributed by atoms with E-state index in [1.54, 1.807) is 6.07 Å². The van der Waals surface area contributed by atoms with Crippen LogP contribution in [0.15, 0.2) is 36.4 Å². The topological polar surface area (TPSA) is 0 Å². The van der Waals surface area contributed by atoms with Crippen LogP contribution in [0.2, 0.25) is 0 Å². The minimum atomic E-state index is -0.113. The van der Waals surface area contributed by atoms with Crippen molar-refractivity contribution in [3.05, 3.63) is 58.9 Å². The molecular formula is C18H21F. The summed E-state index contributed by atoms with van der Waals surface area (Å²) >= 11 is 0. The molecule has 0 aliphatic rings. The minimum absolute atomic E-state index is 0.113. The Labute approximate surface area is 115 Å². The number of halogens is 1. The smallest absolute Gasteiger partial charge is 0.131 e. The van der Waals surface area contributed by atoms with Gasteiger partial charge in [0.2, 0.25) is 0 Å². The molecule has 0 N–H and O–H groups in total. The van der Waals surface area contributed by atoms with Gasteiger partial charge >= 0.3 is 0 Å². The number of benzene rings is 2. The molecule has 0 unspecified atom stereocenters. The van der Waals surface area contributed by atoms with E-state index in [4.69, 9.17) is 0 Å². The normalized spacial score (nSPS) is 10.7. The van der Waals surface area contributed by atoms with Crippen molar-refractivity contribution in [2.24, 2.45) is 0 Å². The summed E-state index contributed by atoms with van der Waals surface area (Å²) in [6.45, 7) is 6.31. The van der Waals surface area contributed by atoms with E-state index < -0.39 is 0 Å². The molecule has 0 heterocycles. The van der Waals surface area contributed by atoms with Crippen LogP contribution < -0.4 is 0 Å². The van der Waals surface area contributed by atoms with Crippen molar-refractivity contribution < 1.29 is 4.39 Å². The van der Waals surface area contributed by atoms with Gasteiger partial charge in [0, 0.05) is 5.56 Å². The monoisotopic (exact) mass is 256 g/mol.